The third-order valence-corrected chi connectivity index (χ3v) is 7.40. The molecule has 0 aliphatic carbocycles. The average molecular weight is 469 g/mol. The van der Waals surface area contributed by atoms with Gasteiger partial charge in [0.25, 0.3) is 10.0 Å². The number of hydrogen-bond acceptors (Lipinski definition) is 4. The van der Waals surface area contributed by atoms with E-state index in [2.05, 4.69) is 4.98 Å². The summed E-state index contributed by atoms with van der Waals surface area (Å²) in [6.07, 6.45) is 3.22. The van der Waals surface area contributed by atoms with Crippen molar-refractivity contribution in [2.75, 3.05) is 0 Å². The highest BCUT2D eigenvalue weighted by atomic mass is 32.2. The summed E-state index contributed by atoms with van der Waals surface area (Å²) in [5.74, 6) is -1.02. The zero-order valence-corrected chi connectivity index (χ0v) is 19.0. The second-order valence-corrected chi connectivity index (χ2v) is 9.82. The van der Waals surface area contributed by atoms with Gasteiger partial charge >= 0.3 is 5.97 Å². The van der Waals surface area contributed by atoms with Gasteiger partial charge in [-0.05, 0) is 48.4 Å². The second-order valence-electron chi connectivity index (χ2n) is 8.00. The lowest BCUT2D eigenvalue weighted by molar-refractivity contribution is 0.0697. The molecule has 0 aliphatic rings. The molecule has 34 heavy (non-hydrogen) atoms. The molecule has 168 valence electrons. The molecule has 3 aromatic carbocycles. The topological polar surface area (TPSA) is 89.3 Å². The smallest absolute Gasteiger partial charge is 0.335 e. The summed E-state index contributed by atoms with van der Waals surface area (Å²) >= 11 is 0. The van der Waals surface area contributed by atoms with E-state index in [1.807, 2.05) is 43.3 Å². The molecule has 0 bridgehead atoms. The van der Waals surface area contributed by atoms with Crippen molar-refractivity contribution in [2.24, 2.45) is 0 Å². The van der Waals surface area contributed by atoms with E-state index in [1.54, 1.807) is 48.8 Å². The Morgan fingerprint density at radius 1 is 0.853 bits per heavy atom. The van der Waals surface area contributed by atoms with Gasteiger partial charge in [-0.25, -0.2) is 22.2 Å². The van der Waals surface area contributed by atoms with Crippen LogP contribution < -0.4 is 0 Å². The third-order valence-electron chi connectivity index (χ3n) is 5.74. The van der Waals surface area contributed by atoms with E-state index >= 15 is 0 Å². The summed E-state index contributed by atoms with van der Waals surface area (Å²) in [6.45, 7) is 1.90. The number of aromatic nitrogens is 2. The van der Waals surface area contributed by atoms with Crippen molar-refractivity contribution in [1.29, 1.82) is 0 Å². The summed E-state index contributed by atoms with van der Waals surface area (Å²) in [7, 11) is -3.91. The number of rotatable bonds is 5. The molecular weight excluding hydrogens is 448 g/mol. The molecule has 5 rings (SSSR count). The van der Waals surface area contributed by atoms with Crippen LogP contribution in [-0.2, 0) is 10.0 Å². The van der Waals surface area contributed by atoms with E-state index in [1.165, 1.54) is 16.1 Å². The van der Waals surface area contributed by atoms with Crippen molar-refractivity contribution < 1.29 is 18.3 Å². The first-order valence-electron chi connectivity index (χ1n) is 10.6. The van der Waals surface area contributed by atoms with Gasteiger partial charge in [-0.3, -0.25) is 0 Å². The van der Waals surface area contributed by atoms with Crippen LogP contribution in [0.1, 0.15) is 15.9 Å². The van der Waals surface area contributed by atoms with E-state index in [0.717, 1.165) is 16.7 Å². The number of aryl methyl sites for hydroxylation is 1. The molecule has 2 aromatic heterocycles. The van der Waals surface area contributed by atoms with Crippen molar-refractivity contribution in [3.05, 3.63) is 108 Å². The summed E-state index contributed by atoms with van der Waals surface area (Å²) in [5.41, 5.74) is 4.56. The zero-order valence-electron chi connectivity index (χ0n) is 18.2. The Hall–Kier alpha value is -4.23. The highest BCUT2D eigenvalue weighted by Crippen LogP contribution is 2.34. The van der Waals surface area contributed by atoms with Crippen LogP contribution in [-0.4, -0.2) is 28.5 Å². The van der Waals surface area contributed by atoms with Crippen molar-refractivity contribution in [1.82, 2.24) is 8.96 Å². The lowest BCUT2D eigenvalue weighted by Gasteiger charge is -2.08. The Labute approximate surface area is 196 Å². The molecule has 0 radical (unpaired) electrons. The molecule has 0 spiro atoms. The SMILES string of the molecule is Cc1ccc(S(=O)(=O)n2cc(-c3ccc(C(=O)O)cc3)c3cc(-c4ccccc4)cnc32)cc1. The molecule has 0 saturated heterocycles. The number of hydrogen-bond donors (Lipinski definition) is 1. The van der Waals surface area contributed by atoms with Crippen LogP contribution in [0.25, 0.3) is 33.3 Å². The minimum atomic E-state index is -3.91. The highest BCUT2D eigenvalue weighted by Gasteiger charge is 2.23. The van der Waals surface area contributed by atoms with Crippen molar-refractivity contribution in [3.63, 3.8) is 0 Å². The van der Waals surface area contributed by atoms with E-state index in [0.29, 0.717) is 22.2 Å². The molecule has 0 unspecified atom stereocenters. The minimum Gasteiger partial charge on any atom is -0.478 e. The van der Waals surface area contributed by atoms with Crippen molar-refractivity contribution >= 4 is 27.0 Å². The lowest BCUT2D eigenvalue weighted by Crippen LogP contribution is -2.12. The molecule has 0 saturated carbocycles. The van der Waals surface area contributed by atoms with Gasteiger partial charge in [0, 0.05) is 28.9 Å². The molecular formula is C27H20N2O4S. The van der Waals surface area contributed by atoms with Crippen molar-refractivity contribution in [3.8, 4) is 22.3 Å². The number of carboxylic acids is 1. The van der Waals surface area contributed by atoms with Gasteiger partial charge in [-0.2, -0.15) is 0 Å². The van der Waals surface area contributed by atoms with Crippen LogP contribution in [0, 0.1) is 6.92 Å². The number of pyridine rings is 1. The first-order valence-corrected chi connectivity index (χ1v) is 12.0. The van der Waals surface area contributed by atoms with Gasteiger partial charge < -0.3 is 5.11 Å². The maximum atomic E-state index is 13.5. The first-order chi connectivity index (χ1) is 16.3. The lowest BCUT2D eigenvalue weighted by atomic mass is 10.0. The second kappa shape index (κ2) is 8.28. The monoisotopic (exact) mass is 468 g/mol. The van der Waals surface area contributed by atoms with Crippen LogP contribution in [0.15, 0.2) is 102 Å². The molecule has 1 N–H and O–H groups in total. The molecule has 0 atom stereocenters. The van der Waals surface area contributed by atoms with Gasteiger partial charge in [0.1, 0.15) is 0 Å². The van der Waals surface area contributed by atoms with Gasteiger partial charge in [0.15, 0.2) is 5.65 Å². The summed E-state index contributed by atoms with van der Waals surface area (Å²) in [5, 5.41) is 9.90. The number of fused-ring (bicyclic) bond motifs is 1. The van der Waals surface area contributed by atoms with Gasteiger partial charge in [-0.15, -0.1) is 0 Å². The quantitative estimate of drug-likeness (QED) is 0.362. The van der Waals surface area contributed by atoms with Crippen LogP contribution in [0.5, 0.6) is 0 Å². The number of nitrogens with zero attached hydrogens (tertiary/aromatic N) is 2. The Balaban J connectivity index is 1.75. The molecule has 7 heteroatoms. The Morgan fingerprint density at radius 3 is 2.18 bits per heavy atom. The maximum absolute atomic E-state index is 13.5. The molecule has 0 aliphatic heterocycles. The normalized spacial score (nSPS) is 11.6. The fourth-order valence-electron chi connectivity index (χ4n) is 3.90. The van der Waals surface area contributed by atoms with Crippen LogP contribution >= 0.6 is 0 Å². The first kappa shape index (κ1) is 21.6. The van der Waals surface area contributed by atoms with E-state index in [9.17, 15) is 18.3 Å². The summed E-state index contributed by atoms with van der Waals surface area (Å²) in [4.78, 5) is 16.0. The molecule has 6 nitrogen and oxygen atoms in total. The van der Waals surface area contributed by atoms with Crippen LogP contribution in [0.2, 0.25) is 0 Å². The van der Waals surface area contributed by atoms with Crippen molar-refractivity contribution in [2.45, 2.75) is 11.8 Å². The minimum absolute atomic E-state index is 0.155. The number of aromatic carboxylic acids is 1. The summed E-state index contributed by atoms with van der Waals surface area (Å²) < 4.78 is 28.3. The Bertz CT molecular complexity index is 1620. The number of carbonyl (C=O) groups is 1. The fourth-order valence-corrected chi connectivity index (χ4v) is 5.22. The fraction of sp³-hybridized carbons (Fsp3) is 0.0370. The van der Waals surface area contributed by atoms with Gasteiger partial charge in [-0.1, -0.05) is 60.2 Å². The largest absolute Gasteiger partial charge is 0.478 e. The average Bonchev–Trinajstić information content (AvgIpc) is 3.25. The molecule has 2 heterocycles. The third kappa shape index (κ3) is 3.76. The predicted octanol–water partition coefficient (Wildman–Crippen LogP) is 5.61. The number of benzene rings is 3. The van der Waals surface area contributed by atoms with Gasteiger partial charge in [0.2, 0.25) is 0 Å². The van der Waals surface area contributed by atoms with Crippen LogP contribution in [0.3, 0.4) is 0 Å². The Morgan fingerprint density at radius 2 is 1.53 bits per heavy atom. The zero-order chi connectivity index (χ0) is 23.9. The molecule has 0 amide bonds. The highest BCUT2D eigenvalue weighted by molar-refractivity contribution is 7.90. The maximum Gasteiger partial charge on any atom is 0.335 e. The van der Waals surface area contributed by atoms with E-state index in [-0.39, 0.29) is 10.5 Å². The van der Waals surface area contributed by atoms with E-state index < -0.39 is 16.0 Å². The number of carboxylic acid groups (broad SMARTS) is 1. The van der Waals surface area contributed by atoms with Gasteiger partial charge in [0.05, 0.1) is 10.5 Å². The van der Waals surface area contributed by atoms with E-state index in [4.69, 9.17) is 0 Å². The summed E-state index contributed by atoms with van der Waals surface area (Å²) in [6, 6.07) is 24.7. The molecule has 5 aromatic rings. The van der Waals surface area contributed by atoms with Crippen LogP contribution in [0.4, 0.5) is 0 Å². The molecule has 0 fully saturated rings. The standard InChI is InChI=1S/C27H20N2O4S/c1-18-7-13-23(14-8-18)34(32,33)29-17-25(20-9-11-21(12-10-20)27(30)31)24-15-22(16-28-26(24)29)19-5-3-2-4-6-19/h2-17H,1H3,(H,30,31). The predicted molar refractivity (Wildman–Crippen MR) is 131 cm³/mol. The Kier molecular flexibility index (Phi) is 5.26.